The molecule has 0 bridgehead atoms. The smallest absolute Gasteiger partial charge is 0.296 e. The van der Waals surface area contributed by atoms with E-state index in [1.54, 1.807) is 0 Å². The number of carbonyl (C=O) groups excluding carboxylic acids is 1. The zero-order valence-electron chi connectivity index (χ0n) is 23.2. The van der Waals surface area contributed by atoms with Crippen molar-refractivity contribution in [2.45, 2.75) is 26.5 Å². The first kappa shape index (κ1) is 35.1. The third-order valence-electron chi connectivity index (χ3n) is 5.99. The van der Waals surface area contributed by atoms with Gasteiger partial charge < -0.3 is 20.7 Å². The molecule has 7 N–H and O–H groups in total. The lowest BCUT2D eigenvalue weighted by Gasteiger charge is -2.12. The molecule has 0 aromatic heterocycles. The Morgan fingerprint density at radius 2 is 1.34 bits per heavy atom. The van der Waals surface area contributed by atoms with Gasteiger partial charge >= 0.3 is 0 Å². The average Bonchev–Trinajstić information content (AvgIpc) is 2.94. The van der Waals surface area contributed by atoms with Crippen molar-refractivity contribution in [2.75, 3.05) is 11.1 Å². The largest absolute Gasteiger partial charge is 0.768 e. The Bertz CT molecular complexity index is 2400. The number of anilines is 2. The standard InChI is InChI=1S/C24H20N6O13S4/c1-11(31)26-12-2-7-19(45(35,36)37)18(8-12)28-30-23-21(47(41,42)43)10-15-14(24(23)32)4-5-16(25)22(15)29-27-17-6-3-13(44(33)34)9-20(17)46(38,39)40/h2-10,32H,25H2,1H3,(H,26,31)(H,33,34)(H,35,36,37)(H,38,39,40)(H,41,42,43)/p-1. The van der Waals surface area contributed by atoms with Gasteiger partial charge in [0.15, 0.2) is 5.75 Å². The van der Waals surface area contributed by atoms with Gasteiger partial charge in [-0.2, -0.15) is 25.3 Å². The second-order valence-corrected chi connectivity index (χ2v) is 14.3. The van der Waals surface area contributed by atoms with Crippen molar-refractivity contribution < 1.29 is 57.6 Å². The fourth-order valence-corrected chi connectivity index (χ4v) is 6.39. The maximum atomic E-state index is 12.4. The number of phenolic OH excluding ortho intramolecular Hbond substituents is 1. The molecule has 4 aromatic rings. The van der Waals surface area contributed by atoms with Gasteiger partial charge in [0.25, 0.3) is 30.4 Å². The van der Waals surface area contributed by atoms with Crippen LogP contribution in [-0.4, -0.2) is 58.7 Å². The predicted octanol–water partition coefficient (Wildman–Crippen LogP) is 3.89. The number of rotatable bonds is 9. The number of nitrogens with two attached hydrogens (primary N) is 1. The molecule has 0 aliphatic carbocycles. The van der Waals surface area contributed by atoms with E-state index in [0.29, 0.717) is 6.07 Å². The molecule has 0 heterocycles. The maximum absolute atomic E-state index is 12.4. The van der Waals surface area contributed by atoms with Crippen molar-refractivity contribution in [3.05, 3.63) is 54.6 Å². The minimum Gasteiger partial charge on any atom is -0.768 e. The average molecular weight is 728 g/mol. The fourth-order valence-electron chi connectivity index (χ4n) is 4.02. The van der Waals surface area contributed by atoms with E-state index in [9.17, 15) is 57.6 Å². The lowest BCUT2D eigenvalue weighted by molar-refractivity contribution is -0.114. The van der Waals surface area contributed by atoms with Crippen LogP contribution in [0.2, 0.25) is 0 Å². The molecule has 19 nitrogen and oxygen atoms in total. The van der Waals surface area contributed by atoms with Crippen LogP contribution in [0.25, 0.3) is 10.8 Å². The van der Waals surface area contributed by atoms with Crippen LogP contribution < -0.4 is 11.1 Å². The van der Waals surface area contributed by atoms with E-state index in [2.05, 4.69) is 25.8 Å². The molecule has 47 heavy (non-hydrogen) atoms. The second-order valence-electron chi connectivity index (χ2n) is 9.22. The number of nitrogens with zero attached hydrogens (tertiary/aromatic N) is 4. The fraction of sp³-hybridized carbons (Fsp3) is 0.0417. The number of carbonyl (C=O) groups is 1. The third-order valence-corrected chi connectivity index (χ3v) is 9.28. The van der Waals surface area contributed by atoms with E-state index in [0.717, 1.165) is 55.5 Å². The number of nitrogens with one attached hydrogen (secondary N) is 1. The number of aromatic hydroxyl groups is 1. The Morgan fingerprint density at radius 3 is 1.91 bits per heavy atom. The first-order chi connectivity index (χ1) is 21.7. The number of azo groups is 2. The van der Waals surface area contributed by atoms with Gasteiger partial charge in [0, 0.05) is 28.3 Å². The Balaban J connectivity index is 1.96. The molecule has 23 heteroatoms. The number of amides is 1. The van der Waals surface area contributed by atoms with Crippen molar-refractivity contribution >= 4 is 92.2 Å². The highest BCUT2D eigenvalue weighted by molar-refractivity contribution is 7.86. The monoisotopic (exact) mass is 727 g/mol. The number of fused-ring (bicyclic) bond motifs is 1. The van der Waals surface area contributed by atoms with Crippen LogP contribution in [0.4, 0.5) is 34.1 Å². The minimum atomic E-state index is -5.27. The Morgan fingerprint density at radius 1 is 0.745 bits per heavy atom. The summed E-state index contributed by atoms with van der Waals surface area (Å²) >= 11 is -2.89. The van der Waals surface area contributed by atoms with Crippen LogP contribution in [0, 0.1) is 0 Å². The van der Waals surface area contributed by atoms with Crippen molar-refractivity contribution in [3.63, 3.8) is 0 Å². The van der Waals surface area contributed by atoms with E-state index in [4.69, 9.17) is 5.73 Å². The quantitative estimate of drug-likeness (QED) is 0.0616. The number of hydrogen-bond acceptors (Lipinski definition) is 15. The topological polar surface area (TPSA) is 328 Å². The summed E-state index contributed by atoms with van der Waals surface area (Å²) in [5.74, 6) is -1.53. The van der Waals surface area contributed by atoms with Gasteiger partial charge in [-0.15, -0.1) is 20.5 Å². The van der Waals surface area contributed by atoms with Gasteiger partial charge in [-0.1, -0.05) is 0 Å². The van der Waals surface area contributed by atoms with Crippen molar-refractivity contribution in [3.8, 4) is 5.75 Å². The highest BCUT2D eigenvalue weighted by Crippen LogP contribution is 2.46. The molecular weight excluding hydrogens is 709 g/mol. The zero-order chi connectivity index (χ0) is 35.1. The first-order valence-electron chi connectivity index (χ1n) is 12.2. The molecule has 0 saturated carbocycles. The normalized spacial score (nSPS) is 13.4. The molecule has 248 valence electrons. The van der Waals surface area contributed by atoms with E-state index in [1.165, 1.54) is 0 Å². The lowest BCUT2D eigenvalue weighted by Crippen LogP contribution is -2.06. The second kappa shape index (κ2) is 12.8. The van der Waals surface area contributed by atoms with E-state index < -0.39 is 95.4 Å². The molecule has 4 aromatic carbocycles. The number of hydrogen-bond donors (Lipinski definition) is 6. The van der Waals surface area contributed by atoms with Crippen LogP contribution in [0.3, 0.4) is 0 Å². The molecule has 1 unspecified atom stereocenters. The van der Waals surface area contributed by atoms with Crippen LogP contribution in [-0.2, 0) is 46.2 Å². The summed E-state index contributed by atoms with van der Waals surface area (Å²) in [6.45, 7) is 1.14. The molecular formula is C24H19N6O13S4-. The summed E-state index contributed by atoms with van der Waals surface area (Å²) in [6, 6.07) is 8.41. The summed E-state index contributed by atoms with van der Waals surface area (Å²) in [6.07, 6.45) is 0. The molecule has 0 radical (unpaired) electrons. The lowest BCUT2D eigenvalue weighted by atomic mass is 10.1. The van der Waals surface area contributed by atoms with E-state index >= 15 is 0 Å². The van der Waals surface area contributed by atoms with Crippen molar-refractivity contribution in [2.24, 2.45) is 20.5 Å². The third kappa shape index (κ3) is 7.80. The molecule has 0 saturated heterocycles. The van der Waals surface area contributed by atoms with Crippen LogP contribution in [0.5, 0.6) is 5.75 Å². The Hall–Kier alpha value is -4.75. The van der Waals surface area contributed by atoms with E-state index in [-0.39, 0.29) is 22.1 Å². The molecule has 1 amide bonds. The molecule has 0 aliphatic rings. The van der Waals surface area contributed by atoms with E-state index in [1.807, 2.05) is 0 Å². The molecule has 0 spiro atoms. The Kier molecular flexibility index (Phi) is 9.56. The highest BCUT2D eigenvalue weighted by Gasteiger charge is 2.25. The first-order valence-corrected chi connectivity index (χ1v) is 17.6. The van der Waals surface area contributed by atoms with Gasteiger partial charge in [0.2, 0.25) is 5.91 Å². The molecule has 0 fully saturated rings. The highest BCUT2D eigenvalue weighted by atomic mass is 32.2. The van der Waals surface area contributed by atoms with Crippen LogP contribution in [0.1, 0.15) is 6.92 Å². The van der Waals surface area contributed by atoms with Crippen LogP contribution >= 0.6 is 0 Å². The van der Waals surface area contributed by atoms with Crippen molar-refractivity contribution in [1.29, 1.82) is 0 Å². The summed E-state index contributed by atoms with van der Waals surface area (Å²) in [7, 11) is -15.3. The van der Waals surface area contributed by atoms with Gasteiger partial charge in [0.05, 0.1) is 5.69 Å². The van der Waals surface area contributed by atoms with Crippen LogP contribution in [0.15, 0.2) is 94.6 Å². The maximum Gasteiger partial charge on any atom is 0.296 e. The summed E-state index contributed by atoms with van der Waals surface area (Å²) in [5, 5.41) is 27.6. The predicted molar refractivity (Wildman–Crippen MR) is 162 cm³/mol. The number of nitrogen functional groups attached to an aromatic ring is 1. The van der Waals surface area contributed by atoms with Gasteiger partial charge in [-0.25, -0.2) is 0 Å². The van der Waals surface area contributed by atoms with Gasteiger partial charge in [-0.3, -0.25) is 22.7 Å². The minimum absolute atomic E-state index is 0.00449. The summed E-state index contributed by atoms with van der Waals surface area (Å²) in [5.41, 5.74) is 3.23. The Labute approximate surface area is 267 Å². The van der Waals surface area contributed by atoms with Gasteiger partial charge in [-0.05, 0) is 65.7 Å². The molecule has 0 aliphatic heterocycles. The summed E-state index contributed by atoms with van der Waals surface area (Å²) < 4.78 is 124. The number of benzene rings is 4. The summed E-state index contributed by atoms with van der Waals surface area (Å²) in [4.78, 5) is 8.03. The molecule has 4 rings (SSSR count). The molecule has 1 atom stereocenters. The van der Waals surface area contributed by atoms with Gasteiger partial charge in [0.1, 0.15) is 37.4 Å². The number of phenols is 1. The van der Waals surface area contributed by atoms with Crippen molar-refractivity contribution in [1.82, 2.24) is 0 Å². The SMILES string of the molecule is CC(=O)Nc1ccc(S(=O)(=O)O)c(N=Nc2c(S(=O)(=O)O)cc3c(N=Nc4ccc(S(=O)[O-])cc4S(=O)(=O)O)c(N)ccc3c2O)c1. The zero-order valence-corrected chi connectivity index (χ0v) is 26.4.